The molecule has 312 valence electrons. The molecule has 9 N–H and O–H groups in total. The highest BCUT2D eigenvalue weighted by Crippen LogP contribution is 2.26. The minimum atomic E-state index is -0.612. The van der Waals surface area contributed by atoms with Crippen LogP contribution in [0.4, 0.5) is 28.6 Å². The van der Waals surface area contributed by atoms with E-state index in [2.05, 4.69) is 47.9 Å². The van der Waals surface area contributed by atoms with E-state index in [0.29, 0.717) is 46.6 Å². The van der Waals surface area contributed by atoms with E-state index < -0.39 is 17.7 Å². The predicted octanol–water partition coefficient (Wildman–Crippen LogP) is 7.26. The Labute approximate surface area is 368 Å². The van der Waals surface area contributed by atoms with E-state index in [4.69, 9.17) is 52.0 Å². The van der Waals surface area contributed by atoms with E-state index in [9.17, 15) is 19.2 Å². The number of amides is 4. The first-order chi connectivity index (χ1) is 28.8. The minimum absolute atomic E-state index is 0.128. The molecule has 6 heterocycles. The van der Waals surface area contributed by atoms with Crippen LogP contribution in [0.2, 0.25) is 15.3 Å². The van der Waals surface area contributed by atoms with Crippen molar-refractivity contribution >= 4 is 110 Å². The lowest BCUT2D eigenvalue weighted by Crippen LogP contribution is -2.48. The highest BCUT2D eigenvalue weighted by molar-refractivity contribution is 7.10. The maximum Gasteiger partial charge on any atom is 0.252 e. The van der Waals surface area contributed by atoms with Gasteiger partial charge in [-0.15, -0.1) is 22.7 Å². The van der Waals surface area contributed by atoms with E-state index >= 15 is 0 Å². The van der Waals surface area contributed by atoms with Gasteiger partial charge in [-0.05, 0) is 59.3 Å². The standard InChI is InChI=1S/C23H26N6O2S.C11H10ClN3OS.C6H4Cl2N2O/c1-16(30)28-8-10-29(11-9-28)18-6-4-17(5-7-18)27-22-13-21(20(15-26-22)23(24)31)25-14-19-3-2-12-32-19;12-10-4-9(8(6-15-10)11(13)16)14-5-7-2-1-3-17-7;7-4-1-5(8)10-2-3(4)6(9)11/h2-7,12-13,15H,8-11,14H2,1H3,(H2,24,31)(H2,25,26,27);1-4,6H,5H2,(H2,13,16)(H,14,15);1-2H,(H2,9,11). The van der Waals surface area contributed by atoms with Crippen molar-refractivity contribution in [1.82, 2.24) is 19.9 Å². The summed E-state index contributed by atoms with van der Waals surface area (Å²) in [6.45, 7) is 5.97. The summed E-state index contributed by atoms with van der Waals surface area (Å²) in [6.07, 6.45) is 4.11. The molecule has 1 aliphatic heterocycles. The van der Waals surface area contributed by atoms with E-state index in [-0.39, 0.29) is 21.6 Å². The summed E-state index contributed by atoms with van der Waals surface area (Å²) in [5, 5.41) is 14.5. The second kappa shape index (κ2) is 21.9. The summed E-state index contributed by atoms with van der Waals surface area (Å²) < 4.78 is 0. The zero-order valence-electron chi connectivity index (χ0n) is 32.0. The summed E-state index contributed by atoms with van der Waals surface area (Å²) in [5.74, 6) is -0.913. The molecule has 0 atom stereocenters. The van der Waals surface area contributed by atoms with Gasteiger partial charge in [-0.3, -0.25) is 19.2 Å². The predicted molar refractivity (Wildman–Crippen MR) is 241 cm³/mol. The molecule has 1 aliphatic rings. The molecule has 0 radical (unpaired) electrons. The Hall–Kier alpha value is -5.98. The summed E-state index contributed by atoms with van der Waals surface area (Å²) in [5.41, 5.74) is 19.9. The fourth-order valence-corrected chi connectivity index (χ4v) is 7.51. The molecule has 1 saturated heterocycles. The molecule has 6 aromatic rings. The first-order valence-corrected chi connectivity index (χ1v) is 20.9. The molecular formula is C40H40Cl3N11O4S2. The Bertz CT molecular complexity index is 2400. The molecule has 4 amide bonds. The van der Waals surface area contributed by atoms with Gasteiger partial charge in [-0.2, -0.15) is 0 Å². The number of anilines is 5. The van der Waals surface area contributed by atoms with Crippen LogP contribution in [0, 0.1) is 0 Å². The number of nitrogens with one attached hydrogen (secondary N) is 3. The largest absolute Gasteiger partial charge is 0.379 e. The molecule has 20 heteroatoms. The molecule has 0 bridgehead atoms. The number of nitrogens with two attached hydrogens (primary N) is 3. The second-order valence-corrected chi connectivity index (χ2v) is 16.0. The number of hydrogen-bond acceptors (Lipinski definition) is 13. The van der Waals surface area contributed by atoms with Gasteiger partial charge in [0, 0.05) is 92.0 Å². The van der Waals surface area contributed by atoms with Crippen molar-refractivity contribution in [3.63, 3.8) is 0 Å². The molecule has 0 aliphatic carbocycles. The number of pyridine rings is 3. The van der Waals surface area contributed by atoms with Gasteiger partial charge in [0.1, 0.15) is 16.1 Å². The summed E-state index contributed by atoms with van der Waals surface area (Å²) in [7, 11) is 0. The van der Waals surface area contributed by atoms with Crippen LogP contribution in [0.1, 0.15) is 47.8 Å². The van der Waals surface area contributed by atoms with Gasteiger partial charge in [-0.1, -0.05) is 46.9 Å². The molecule has 1 aromatic carbocycles. The number of carbonyl (C=O) groups is 4. The van der Waals surface area contributed by atoms with Crippen LogP contribution >= 0.6 is 57.5 Å². The third-order valence-corrected chi connectivity index (χ3v) is 11.2. The Kier molecular flexibility index (Phi) is 16.4. The fraction of sp³-hybridized carbons (Fsp3) is 0.175. The van der Waals surface area contributed by atoms with Crippen molar-refractivity contribution in [2.24, 2.45) is 17.2 Å². The second-order valence-electron chi connectivity index (χ2n) is 12.8. The fourth-order valence-electron chi connectivity index (χ4n) is 5.60. The average Bonchev–Trinajstić information content (AvgIpc) is 3.95. The van der Waals surface area contributed by atoms with Crippen molar-refractivity contribution in [3.05, 3.63) is 138 Å². The van der Waals surface area contributed by atoms with Crippen LogP contribution in [0.3, 0.4) is 0 Å². The van der Waals surface area contributed by atoms with Gasteiger partial charge in [0.05, 0.1) is 33.1 Å². The lowest BCUT2D eigenvalue weighted by atomic mass is 10.2. The monoisotopic (exact) mass is 907 g/mol. The van der Waals surface area contributed by atoms with Crippen LogP contribution < -0.4 is 38.1 Å². The van der Waals surface area contributed by atoms with Gasteiger partial charge >= 0.3 is 0 Å². The molecule has 1 fully saturated rings. The number of benzene rings is 1. The quantitative estimate of drug-likeness (QED) is 0.0670. The molecule has 5 aromatic heterocycles. The third kappa shape index (κ3) is 13.3. The highest BCUT2D eigenvalue weighted by atomic mass is 35.5. The summed E-state index contributed by atoms with van der Waals surface area (Å²) in [6, 6.07) is 20.8. The molecule has 0 spiro atoms. The Balaban J connectivity index is 0.000000202. The molecular weight excluding hydrogens is 869 g/mol. The van der Waals surface area contributed by atoms with Crippen molar-refractivity contribution in [1.29, 1.82) is 0 Å². The maximum atomic E-state index is 11.8. The van der Waals surface area contributed by atoms with E-state index in [0.717, 1.165) is 47.3 Å². The SMILES string of the molecule is CC(=O)N1CCN(c2ccc(Nc3cc(NCc4cccs4)c(C(N)=O)cn3)cc2)CC1.NC(=O)c1cnc(Cl)cc1Cl.NC(=O)c1cnc(Cl)cc1NCc1cccs1. The number of piperazine rings is 1. The zero-order valence-corrected chi connectivity index (χ0v) is 35.9. The normalized spacial score (nSPS) is 11.9. The van der Waals surface area contributed by atoms with Crippen molar-refractivity contribution < 1.29 is 19.2 Å². The molecule has 0 saturated carbocycles. The van der Waals surface area contributed by atoms with Crippen molar-refractivity contribution in [2.45, 2.75) is 20.0 Å². The third-order valence-electron chi connectivity index (χ3n) is 8.69. The van der Waals surface area contributed by atoms with Crippen molar-refractivity contribution in [3.8, 4) is 0 Å². The minimum Gasteiger partial charge on any atom is -0.379 e. The lowest BCUT2D eigenvalue weighted by molar-refractivity contribution is -0.129. The highest BCUT2D eigenvalue weighted by Gasteiger charge is 2.19. The number of aromatic nitrogens is 3. The van der Waals surface area contributed by atoms with Gasteiger partial charge in [0.15, 0.2) is 0 Å². The Morgan fingerprint density at radius 2 is 1.17 bits per heavy atom. The van der Waals surface area contributed by atoms with Gasteiger partial charge in [-0.25, -0.2) is 15.0 Å². The van der Waals surface area contributed by atoms with Crippen molar-refractivity contribution in [2.75, 3.05) is 47.0 Å². The van der Waals surface area contributed by atoms with Crippen LogP contribution in [0.5, 0.6) is 0 Å². The number of nitrogens with zero attached hydrogens (tertiary/aromatic N) is 5. The Morgan fingerprint density at radius 3 is 1.65 bits per heavy atom. The number of primary amides is 3. The molecule has 60 heavy (non-hydrogen) atoms. The smallest absolute Gasteiger partial charge is 0.252 e. The van der Waals surface area contributed by atoms with E-state index in [1.165, 1.54) is 24.7 Å². The number of carbonyl (C=O) groups excluding carboxylic acids is 4. The summed E-state index contributed by atoms with van der Waals surface area (Å²) in [4.78, 5) is 63.4. The van der Waals surface area contributed by atoms with Gasteiger partial charge in [0.25, 0.3) is 17.7 Å². The molecule has 15 nitrogen and oxygen atoms in total. The number of rotatable bonds is 12. The Morgan fingerprint density at radius 1 is 0.667 bits per heavy atom. The molecule has 7 rings (SSSR count). The van der Waals surface area contributed by atoms with E-state index in [1.54, 1.807) is 41.7 Å². The topological polar surface area (TPSA) is 228 Å². The zero-order chi connectivity index (χ0) is 43.2. The lowest BCUT2D eigenvalue weighted by Gasteiger charge is -2.35. The van der Waals surface area contributed by atoms with Gasteiger partial charge in [0.2, 0.25) is 5.91 Å². The van der Waals surface area contributed by atoms with E-state index in [1.807, 2.05) is 52.1 Å². The maximum absolute atomic E-state index is 11.8. The summed E-state index contributed by atoms with van der Waals surface area (Å²) >= 11 is 20.1. The number of hydrogen-bond donors (Lipinski definition) is 6. The van der Waals surface area contributed by atoms with Crippen LogP contribution in [-0.2, 0) is 17.9 Å². The van der Waals surface area contributed by atoms with Gasteiger partial charge < -0.3 is 43.0 Å². The first-order valence-electron chi connectivity index (χ1n) is 18.0. The van der Waals surface area contributed by atoms with Crippen LogP contribution in [0.15, 0.2) is 96.1 Å². The number of halogens is 3. The first kappa shape index (κ1) is 45.1. The number of thiophene rings is 2. The van der Waals surface area contributed by atoms with Crippen LogP contribution in [-0.4, -0.2) is 69.7 Å². The molecule has 0 unspecified atom stereocenters. The van der Waals surface area contributed by atoms with Crippen LogP contribution in [0.25, 0.3) is 0 Å². The average molecular weight is 909 g/mol.